The lowest BCUT2D eigenvalue weighted by Crippen LogP contribution is -2.52. The topological polar surface area (TPSA) is 97.1 Å². The molecular formula is C20H20F2N4O3S. The van der Waals surface area contributed by atoms with E-state index in [2.05, 4.69) is 15.3 Å². The highest BCUT2D eigenvalue weighted by Gasteiger charge is 2.45. The van der Waals surface area contributed by atoms with Crippen molar-refractivity contribution in [3.8, 4) is 0 Å². The second-order valence-electron chi connectivity index (χ2n) is 7.43. The van der Waals surface area contributed by atoms with E-state index >= 15 is 0 Å². The SMILES string of the molecule is CC(F)c1cccc(CNc2ncnc3c2cc(C2(O)CS(=O)C2)c(=O)n3C)c1F. The number of benzene rings is 1. The average Bonchev–Trinajstić information content (AvgIpc) is 2.68. The van der Waals surface area contributed by atoms with Crippen LogP contribution in [0.5, 0.6) is 0 Å². The summed E-state index contributed by atoms with van der Waals surface area (Å²) in [6, 6.07) is 6.02. The van der Waals surface area contributed by atoms with Crippen molar-refractivity contribution in [1.82, 2.24) is 14.5 Å². The summed E-state index contributed by atoms with van der Waals surface area (Å²) in [5.74, 6) is -0.315. The third-order valence-corrected chi connectivity index (χ3v) is 6.89. The number of halogens is 2. The van der Waals surface area contributed by atoms with Crippen LogP contribution >= 0.6 is 0 Å². The minimum atomic E-state index is -1.46. The van der Waals surface area contributed by atoms with E-state index in [0.717, 1.165) is 0 Å². The molecule has 3 aromatic rings. The summed E-state index contributed by atoms with van der Waals surface area (Å²) in [5.41, 5.74) is -1.19. The summed E-state index contributed by atoms with van der Waals surface area (Å²) in [4.78, 5) is 21.0. The highest BCUT2D eigenvalue weighted by Crippen LogP contribution is 2.32. The largest absolute Gasteiger partial charge is 0.383 e. The van der Waals surface area contributed by atoms with Gasteiger partial charge < -0.3 is 10.4 Å². The number of aromatic nitrogens is 3. The van der Waals surface area contributed by atoms with Gasteiger partial charge in [0.2, 0.25) is 0 Å². The summed E-state index contributed by atoms with van der Waals surface area (Å²) in [5, 5.41) is 14.1. The fraction of sp³-hybridized carbons (Fsp3) is 0.350. The van der Waals surface area contributed by atoms with Crippen LogP contribution in [0.4, 0.5) is 14.6 Å². The zero-order valence-electron chi connectivity index (χ0n) is 16.4. The predicted octanol–water partition coefficient (Wildman–Crippen LogP) is 2.06. The maximum atomic E-state index is 14.5. The van der Waals surface area contributed by atoms with Gasteiger partial charge in [-0.2, -0.15) is 0 Å². The van der Waals surface area contributed by atoms with Crippen LogP contribution in [0.15, 0.2) is 35.4 Å². The molecule has 0 amide bonds. The maximum Gasteiger partial charge on any atom is 0.258 e. The summed E-state index contributed by atoms with van der Waals surface area (Å²) in [7, 11) is 0.353. The monoisotopic (exact) mass is 434 g/mol. The van der Waals surface area contributed by atoms with E-state index in [4.69, 9.17) is 0 Å². The molecule has 30 heavy (non-hydrogen) atoms. The van der Waals surface area contributed by atoms with Gasteiger partial charge in [0.1, 0.15) is 35.4 Å². The molecule has 1 aliphatic rings. The van der Waals surface area contributed by atoms with Gasteiger partial charge >= 0.3 is 0 Å². The Hall–Kier alpha value is -2.72. The number of fused-ring (bicyclic) bond motifs is 1. The predicted molar refractivity (Wildman–Crippen MR) is 110 cm³/mol. The summed E-state index contributed by atoms with van der Waals surface area (Å²) in [6.07, 6.45) is -0.163. The molecule has 158 valence electrons. The van der Waals surface area contributed by atoms with Crippen molar-refractivity contribution in [1.29, 1.82) is 0 Å². The maximum absolute atomic E-state index is 14.5. The van der Waals surface area contributed by atoms with Crippen molar-refractivity contribution in [2.45, 2.75) is 25.2 Å². The van der Waals surface area contributed by atoms with Crippen molar-refractivity contribution in [2.75, 3.05) is 16.8 Å². The Morgan fingerprint density at radius 2 is 2.10 bits per heavy atom. The molecule has 1 aliphatic heterocycles. The number of nitrogens with zero attached hydrogens (tertiary/aromatic N) is 3. The van der Waals surface area contributed by atoms with Gasteiger partial charge in [0.05, 0.1) is 22.5 Å². The first-order valence-electron chi connectivity index (χ1n) is 9.29. The third-order valence-electron chi connectivity index (χ3n) is 5.29. The van der Waals surface area contributed by atoms with Gasteiger partial charge in [-0.05, 0) is 13.0 Å². The van der Waals surface area contributed by atoms with Crippen LogP contribution in [0.1, 0.15) is 29.8 Å². The number of nitrogens with one attached hydrogen (secondary N) is 1. The van der Waals surface area contributed by atoms with Crippen LogP contribution in [0.3, 0.4) is 0 Å². The first kappa shape index (κ1) is 20.5. The molecule has 1 aromatic carbocycles. The normalized spacial score (nSPS) is 22.0. The molecule has 0 bridgehead atoms. The number of hydrogen-bond acceptors (Lipinski definition) is 6. The van der Waals surface area contributed by atoms with E-state index in [1.807, 2.05) is 0 Å². The molecule has 1 unspecified atom stereocenters. The van der Waals surface area contributed by atoms with Crippen molar-refractivity contribution in [2.24, 2.45) is 7.05 Å². The number of aliphatic hydroxyl groups is 1. The molecule has 2 aromatic heterocycles. The Labute approximate surface area is 173 Å². The standard InChI is InChI=1S/C20H20F2N4O3S/c1-11(21)13-5-3-4-12(16(13)22)7-23-17-14-6-15(20(28)8-30(29)9-20)19(27)26(2)18(14)25-10-24-17/h3-6,10-11,28H,7-9H2,1-2H3,(H,23,24,25). The number of aryl methyl sites for hydroxylation is 1. The lowest BCUT2D eigenvalue weighted by molar-refractivity contribution is 0.0712. The van der Waals surface area contributed by atoms with E-state index in [-0.39, 0.29) is 34.7 Å². The quantitative estimate of drug-likeness (QED) is 0.638. The van der Waals surface area contributed by atoms with Crippen LogP contribution in [-0.2, 0) is 30.0 Å². The molecule has 3 heterocycles. The van der Waals surface area contributed by atoms with Crippen LogP contribution in [-0.4, -0.2) is 35.4 Å². The molecule has 0 spiro atoms. The first-order valence-corrected chi connectivity index (χ1v) is 10.8. The van der Waals surface area contributed by atoms with Gasteiger partial charge in [0.25, 0.3) is 5.56 Å². The lowest BCUT2D eigenvalue weighted by atomic mass is 9.97. The van der Waals surface area contributed by atoms with E-state index in [9.17, 15) is 22.9 Å². The highest BCUT2D eigenvalue weighted by molar-refractivity contribution is 7.86. The third kappa shape index (κ3) is 3.39. The smallest absolute Gasteiger partial charge is 0.258 e. The zero-order valence-corrected chi connectivity index (χ0v) is 17.2. The Balaban J connectivity index is 1.74. The first-order chi connectivity index (χ1) is 14.2. The minimum absolute atomic E-state index is 0.0103. The van der Waals surface area contributed by atoms with Crippen LogP contribution in [0.2, 0.25) is 0 Å². The Morgan fingerprint density at radius 3 is 2.77 bits per heavy atom. The van der Waals surface area contributed by atoms with Crippen LogP contribution in [0, 0.1) is 5.82 Å². The average molecular weight is 434 g/mol. The molecule has 2 N–H and O–H groups in total. The van der Waals surface area contributed by atoms with E-state index in [0.29, 0.717) is 16.9 Å². The van der Waals surface area contributed by atoms with Crippen molar-refractivity contribution in [3.05, 3.63) is 63.5 Å². The number of alkyl halides is 1. The van der Waals surface area contributed by atoms with E-state index in [1.165, 1.54) is 37.0 Å². The summed E-state index contributed by atoms with van der Waals surface area (Å²) >= 11 is 0. The van der Waals surface area contributed by atoms with Crippen molar-refractivity contribution >= 4 is 27.7 Å². The molecule has 0 saturated carbocycles. The highest BCUT2D eigenvalue weighted by atomic mass is 32.2. The molecule has 1 saturated heterocycles. The Bertz CT molecular complexity index is 1220. The zero-order chi connectivity index (χ0) is 21.6. The minimum Gasteiger partial charge on any atom is -0.383 e. The van der Waals surface area contributed by atoms with Gasteiger partial charge in [-0.3, -0.25) is 13.6 Å². The molecule has 1 atom stereocenters. The number of pyridine rings is 1. The molecule has 0 radical (unpaired) electrons. The van der Waals surface area contributed by atoms with E-state index < -0.39 is 33.9 Å². The molecule has 7 nitrogen and oxygen atoms in total. The van der Waals surface area contributed by atoms with Crippen molar-refractivity contribution < 1.29 is 18.1 Å². The fourth-order valence-electron chi connectivity index (χ4n) is 3.61. The van der Waals surface area contributed by atoms with Crippen LogP contribution < -0.4 is 10.9 Å². The van der Waals surface area contributed by atoms with Crippen LogP contribution in [0.25, 0.3) is 11.0 Å². The number of rotatable bonds is 5. The van der Waals surface area contributed by atoms with Gasteiger partial charge in [0.15, 0.2) is 0 Å². The van der Waals surface area contributed by atoms with Gasteiger partial charge in [-0.1, -0.05) is 18.2 Å². The molecule has 1 fully saturated rings. The van der Waals surface area contributed by atoms with Gasteiger partial charge in [-0.15, -0.1) is 0 Å². The second kappa shape index (κ2) is 7.51. The van der Waals surface area contributed by atoms with Gasteiger partial charge in [-0.25, -0.2) is 18.7 Å². The fourth-order valence-corrected chi connectivity index (χ4v) is 4.90. The molecule has 10 heteroatoms. The Kier molecular flexibility index (Phi) is 5.15. The Morgan fingerprint density at radius 1 is 1.37 bits per heavy atom. The number of anilines is 1. The molecule has 0 aliphatic carbocycles. The second-order valence-corrected chi connectivity index (χ2v) is 8.89. The summed E-state index contributed by atoms with van der Waals surface area (Å²) < 4.78 is 41.0. The van der Waals surface area contributed by atoms with Crippen molar-refractivity contribution in [3.63, 3.8) is 0 Å². The number of hydrogen-bond donors (Lipinski definition) is 2. The lowest BCUT2D eigenvalue weighted by Gasteiger charge is -2.35. The summed E-state index contributed by atoms with van der Waals surface area (Å²) in [6.45, 7) is 1.30. The molecular weight excluding hydrogens is 414 g/mol. The van der Waals surface area contributed by atoms with E-state index in [1.54, 1.807) is 12.1 Å². The molecule has 4 rings (SSSR count). The van der Waals surface area contributed by atoms with Gasteiger partial charge in [0, 0.05) is 35.5 Å².